The van der Waals surface area contributed by atoms with E-state index in [1.165, 1.54) is 12.8 Å². The predicted octanol–water partition coefficient (Wildman–Crippen LogP) is 4.88. The summed E-state index contributed by atoms with van der Waals surface area (Å²) in [5, 5.41) is 4.76. The summed E-state index contributed by atoms with van der Waals surface area (Å²) in [7, 11) is 0. The lowest BCUT2D eigenvalue weighted by molar-refractivity contribution is 0.513. The Bertz CT molecular complexity index is 934. The van der Waals surface area contributed by atoms with Gasteiger partial charge in [-0.1, -0.05) is 43.5 Å². The molecule has 0 aliphatic rings. The molecule has 0 bridgehead atoms. The van der Waals surface area contributed by atoms with Gasteiger partial charge < -0.3 is 5.32 Å². The number of hydrogen-bond donors (Lipinski definition) is 1. The fourth-order valence-electron chi connectivity index (χ4n) is 3.06. The number of halogens is 1. The molecule has 0 amide bonds. The molecule has 3 rings (SSSR count). The molecule has 4 nitrogen and oxygen atoms in total. The first-order valence-corrected chi connectivity index (χ1v) is 9.50. The first-order valence-electron chi connectivity index (χ1n) is 9.13. The van der Waals surface area contributed by atoms with Crippen LogP contribution in [0.4, 0.5) is 0 Å². The van der Waals surface area contributed by atoms with Gasteiger partial charge in [0, 0.05) is 5.02 Å². The largest absolute Gasteiger partial charge is 0.308 e. The highest BCUT2D eigenvalue weighted by Crippen LogP contribution is 2.19. The molecule has 1 heterocycles. The van der Waals surface area contributed by atoms with Crippen molar-refractivity contribution in [2.24, 2.45) is 0 Å². The van der Waals surface area contributed by atoms with Crippen molar-refractivity contribution in [3.8, 4) is 5.69 Å². The van der Waals surface area contributed by atoms with Crippen LogP contribution in [-0.4, -0.2) is 16.1 Å². The molecule has 2 aromatic carbocycles. The van der Waals surface area contributed by atoms with Crippen LogP contribution in [0.3, 0.4) is 0 Å². The second-order valence-corrected chi connectivity index (χ2v) is 6.92. The van der Waals surface area contributed by atoms with Gasteiger partial charge in [0.15, 0.2) is 0 Å². The Hall–Kier alpha value is -2.17. The lowest BCUT2D eigenvalue weighted by Crippen LogP contribution is -2.30. The highest BCUT2D eigenvalue weighted by atomic mass is 35.5. The van der Waals surface area contributed by atoms with Gasteiger partial charge in [-0.05, 0) is 56.3 Å². The van der Waals surface area contributed by atoms with Crippen LogP contribution in [0.1, 0.15) is 45.0 Å². The zero-order valence-corrected chi connectivity index (χ0v) is 16.0. The van der Waals surface area contributed by atoms with Gasteiger partial charge in [0.2, 0.25) is 0 Å². The number of para-hydroxylation sites is 1. The van der Waals surface area contributed by atoms with Crippen LogP contribution in [-0.2, 0) is 0 Å². The number of nitrogens with zero attached hydrogens (tertiary/aromatic N) is 2. The van der Waals surface area contributed by atoms with Gasteiger partial charge in [-0.3, -0.25) is 9.36 Å². The SMILES string of the molecule is CCCCCN[C@H](C)c1nc2ccccc2c(=O)n1-c1ccc(Cl)cc1. The first-order chi connectivity index (χ1) is 12.6. The van der Waals surface area contributed by atoms with Crippen LogP contribution < -0.4 is 10.9 Å². The van der Waals surface area contributed by atoms with Gasteiger partial charge in [0.1, 0.15) is 5.82 Å². The molecule has 1 atom stereocenters. The summed E-state index contributed by atoms with van der Waals surface area (Å²) >= 11 is 6.02. The zero-order chi connectivity index (χ0) is 18.5. The van der Waals surface area contributed by atoms with Gasteiger partial charge in [0.05, 0.1) is 22.6 Å². The van der Waals surface area contributed by atoms with E-state index in [9.17, 15) is 4.79 Å². The number of fused-ring (bicyclic) bond motifs is 1. The highest BCUT2D eigenvalue weighted by molar-refractivity contribution is 6.30. The third-order valence-electron chi connectivity index (χ3n) is 4.50. The van der Waals surface area contributed by atoms with Crippen LogP contribution in [0, 0.1) is 0 Å². The molecule has 1 N–H and O–H groups in total. The van der Waals surface area contributed by atoms with Crippen molar-refractivity contribution in [3.63, 3.8) is 0 Å². The fourth-order valence-corrected chi connectivity index (χ4v) is 3.19. The Morgan fingerprint density at radius 3 is 2.58 bits per heavy atom. The molecule has 136 valence electrons. The van der Waals surface area contributed by atoms with Crippen LogP contribution in [0.15, 0.2) is 53.3 Å². The smallest absolute Gasteiger partial charge is 0.266 e. The van der Waals surface area contributed by atoms with Crippen molar-refractivity contribution in [2.45, 2.75) is 39.2 Å². The van der Waals surface area contributed by atoms with E-state index in [1.54, 1.807) is 16.7 Å². The topological polar surface area (TPSA) is 46.9 Å². The number of unbranched alkanes of at least 4 members (excludes halogenated alkanes) is 2. The Morgan fingerprint density at radius 2 is 1.85 bits per heavy atom. The number of hydrogen-bond acceptors (Lipinski definition) is 3. The molecule has 0 saturated heterocycles. The Kier molecular flexibility index (Phi) is 6.07. The van der Waals surface area contributed by atoms with Gasteiger partial charge in [-0.2, -0.15) is 0 Å². The zero-order valence-electron chi connectivity index (χ0n) is 15.2. The van der Waals surface area contributed by atoms with E-state index >= 15 is 0 Å². The highest BCUT2D eigenvalue weighted by Gasteiger charge is 2.17. The number of benzene rings is 2. The van der Waals surface area contributed by atoms with Gasteiger partial charge in [0.25, 0.3) is 5.56 Å². The summed E-state index contributed by atoms with van der Waals surface area (Å²) in [5.74, 6) is 0.715. The molecule has 0 saturated carbocycles. The molecule has 5 heteroatoms. The Labute approximate surface area is 158 Å². The maximum absolute atomic E-state index is 13.2. The summed E-state index contributed by atoms with van der Waals surface area (Å²) in [6.45, 7) is 5.14. The fraction of sp³-hybridized carbons (Fsp3) is 0.333. The Morgan fingerprint density at radius 1 is 1.12 bits per heavy atom. The lowest BCUT2D eigenvalue weighted by Gasteiger charge is -2.19. The molecule has 1 aromatic heterocycles. The van der Waals surface area contributed by atoms with Crippen LogP contribution in [0.5, 0.6) is 0 Å². The van der Waals surface area contributed by atoms with E-state index in [0.29, 0.717) is 16.2 Å². The minimum atomic E-state index is -0.0601. The standard InChI is InChI=1S/C21H24ClN3O/c1-3-4-7-14-23-15(2)20-24-19-9-6-5-8-18(19)21(26)25(20)17-12-10-16(22)11-13-17/h5-6,8-13,15,23H,3-4,7,14H2,1-2H3/t15-/m1/s1. The van der Waals surface area contributed by atoms with Crippen molar-refractivity contribution < 1.29 is 0 Å². The van der Waals surface area contributed by atoms with Crippen molar-refractivity contribution >= 4 is 22.5 Å². The molecule has 0 aliphatic heterocycles. The third-order valence-corrected chi connectivity index (χ3v) is 4.76. The van der Waals surface area contributed by atoms with Crippen LogP contribution >= 0.6 is 11.6 Å². The minimum Gasteiger partial charge on any atom is -0.308 e. The molecule has 26 heavy (non-hydrogen) atoms. The normalized spacial score (nSPS) is 12.4. The number of rotatable bonds is 7. The van der Waals surface area contributed by atoms with E-state index in [-0.39, 0.29) is 11.6 Å². The summed E-state index contributed by atoms with van der Waals surface area (Å²) in [6, 6.07) is 14.7. The average molecular weight is 370 g/mol. The summed E-state index contributed by atoms with van der Waals surface area (Å²) in [6.07, 6.45) is 3.48. The monoisotopic (exact) mass is 369 g/mol. The van der Waals surface area contributed by atoms with Gasteiger partial charge in [-0.25, -0.2) is 4.98 Å². The van der Waals surface area contributed by atoms with Gasteiger partial charge >= 0.3 is 0 Å². The second kappa shape index (κ2) is 8.47. The molecule has 3 aromatic rings. The minimum absolute atomic E-state index is 0.0418. The third kappa shape index (κ3) is 3.97. The molecule has 0 fully saturated rings. The molecule has 0 spiro atoms. The molecule has 0 radical (unpaired) electrons. The van der Waals surface area contributed by atoms with E-state index in [2.05, 4.69) is 19.2 Å². The van der Waals surface area contributed by atoms with Gasteiger partial charge in [-0.15, -0.1) is 0 Å². The quantitative estimate of drug-likeness (QED) is 0.604. The lowest BCUT2D eigenvalue weighted by atomic mass is 10.2. The average Bonchev–Trinajstić information content (AvgIpc) is 2.66. The van der Waals surface area contributed by atoms with Crippen molar-refractivity contribution in [1.82, 2.24) is 14.9 Å². The molecule has 0 unspecified atom stereocenters. The van der Waals surface area contributed by atoms with E-state index in [1.807, 2.05) is 36.4 Å². The van der Waals surface area contributed by atoms with E-state index in [4.69, 9.17) is 16.6 Å². The summed E-state index contributed by atoms with van der Waals surface area (Å²) < 4.78 is 1.69. The molecular weight excluding hydrogens is 346 g/mol. The van der Waals surface area contributed by atoms with Crippen LogP contribution in [0.2, 0.25) is 5.02 Å². The van der Waals surface area contributed by atoms with Crippen LogP contribution in [0.25, 0.3) is 16.6 Å². The maximum Gasteiger partial charge on any atom is 0.266 e. The van der Waals surface area contributed by atoms with Crippen molar-refractivity contribution in [1.29, 1.82) is 0 Å². The molecule has 0 aliphatic carbocycles. The maximum atomic E-state index is 13.2. The predicted molar refractivity (Wildman–Crippen MR) is 108 cm³/mol. The summed E-state index contributed by atoms with van der Waals surface area (Å²) in [5.41, 5.74) is 1.44. The second-order valence-electron chi connectivity index (χ2n) is 6.49. The van der Waals surface area contributed by atoms with Crippen molar-refractivity contribution in [3.05, 3.63) is 69.7 Å². The van der Waals surface area contributed by atoms with E-state index in [0.717, 1.165) is 24.2 Å². The molecular formula is C21H24ClN3O. The Balaban J connectivity index is 2.08. The number of aromatic nitrogens is 2. The summed E-state index contributed by atoms with van der Waals surface area (Å²) in [4.78, 5) is 18.0. The van der Waals surface area contributed by atoms with Crippen molar-refractivity contribution in [2.75, 3.05) is 6.54 Å². The van der Waals surface area contributed by atoms with E-state index < -0.39 is 0 Å². The first kappa shape index (κ1) is 18.6. The number of nitrogens with one attached hydrogen (secondary N) is 1.